The van der Waals surface area contributed by atoms with Crippen LogP contribution in [0.4, 0.5) is 5.69 Å². The standard InChI is InChI=1S/C23H27N3O7/c1-10-15(19(23(32)33)26-18(10)17(11(2)27)21(26)29)6-12-7-16(24-9-12)20(28)25-14-5-3-4-13(8-14)22(30)31/h3-5,8,10-12,16-18,24,27H,6-7,9H2,1-2H3,(H,25,28)(H,30,31)(H,32,33). The second-order valence-corrected chi connectivity index (χ2v) is 9.07. The van der Waals surface area contributed by atoms with Crippen LogP contribution in [-0.4, -0.2) is 68.7 Å². The van der Waals surface area contributed by atoms with Gasteiger partial charge in [0.25, 0.3) is 0 Å². The van der Waals surface area contributed by atoms with Crippen LogP contribution in [0.1, 0.15) is 37.0 Å². The zero-order valence-electron chi connectivity index (χ0n) is 18.3. The average molecular weight is 457 g/mol. The van der Waals surface area contributed by atoms with Crippen LogP contribution in [0.2, 0.25) is 0 Å². The fraction of sp³-hybridized carbons (Fsp3) is 0.478. The number of rotatable bonds is 7. The summed E-state index contributed by atoms with van der Waals surface area (Å²) in [5.41, 5.74) is 1.14. The third kappa shape index (κ3) is 4.00. The van der Waals surface area contributed by atoms with Gasteiger partial charge in [-0.2, -0.15) is 0 Å². The van der Waals surface area contributed by atoms with Gasteiger partial charge in [-0.1, -0.05) is 13.0 Å². The summed E-state index contributed by atoms with van der Waals surface area (Å²) in [6.07, 6.45) is 0.0591. The summed E-state index contributed by atoms with van der Waals surface area (Å²) in [6, 6.07) is 5.13. The lowest BCUT2D eigenvalue weighted by atomic mass is 9.76. The number of hydrogen-bond donors (Lipinski definition) is 5. The molecule has 2 fully saturated rings. The van der Waals surface area contributed by atoms with Crippen molar-refractivity contribution in [2.75, 3.05) is 11.9 Å². The van der Waals surface area contributed by atoms with Crippen molar-refractivity contribution < 1.29 is 34.5 Å². The number of aliphatic carboxylic acids is 1. The van der Waals surface area contributed by atoms with Gasteiger partial charge in [-0.3, -0.25) is 9.59 Å². The normalized spacial score (nSPS) is 29.5. The first kappa shape index (κ1) is 22.9. The van der Waals surface area contributed by atoms with E-state index in [0.717, 1.165) is 0 Å². The first-order valence-electron chi connectivity index (χ1n) is 10.9. The summed E-state index contributed by atoms with van der Waals surface area (Å²) in [7, 11) is 0. The lowest BCUT2D eigenvalue weighted by Gasteiger charge is -2.46. The molecule has 2 amide bonds. The van der Waals surface area contributed by atoms with Crippen molar-refractivity contribution in [3.63, 3.8) is 0 Å². The van der Waals surface area contributed by atoms with Crippen LogP contribution < -0.4 is 10.6 Å². The Hall–Kier alpha value is -3.24. The molecule has 176 valence electrons. The number of nitrogens with one attached hydrogen (secondary N) is 2. The van der Waals surface area contributed by atoms with Crippen molar-refractivity contribution >= 4 is 29.4 Å². The molecule has 10 heteroatoms. The number of β-lactam (4-membered cyclic amide) rings is 1. The molecule has 0 spiro atoms. The Kier molecular flexibility index (Phi) is 5.98. The predicted octanol–water partition coefficient (Wildman–Crippen LogP) is 0.888. The summed E-state index contributed by atoms with van der Waals surface area (Å²) in [6.45, 7) is 3.93. The van der Waals surface area contributed by atoms with Crippen LogP contribution in [-0.2, 0) is 14.4 Å². The summed E-state index contributed by atoms with van der Waals surface area (Å²) >= 11 is 0. The molecular weight excluding hydrogens is 430 g/mol. The fourth-order valence-electron chi connectivity index (χ4n) is 5.35. The number of fused-ring (bicyclic) bond motifs is 1. The number of hydrogen-bond acceptors (Lipinski definition) is 6. The minimum absolute atomic E-state index is 0.00305. The monoisotopic (exact) mass is 457 g/mol. The largest absolute Gasteiger partial charge is 0.478 e. The van der Waals surface area contributed by atoms with Gasteiger partial charge in [-0.05, 0) is 56.0 Å². The summed E-state index contributed by atoms with van der Waals surface area (Å²) in [4.78, 5) is 49.5. The van der Waals surface area contributed by atoms with Crippen LogP contribution >= 0.6 is 0 Å². The first-order valence-corrected chi connectivity index (χ1v) is 10.9. The molecule has 6 unspecified atom stereocenters. The van der Waals surface area contributed by atoms with Crippen molar-refractivity contribution in [1.82, 2.24) is 10.2 Å². The number of aromatic carboxylic acids is 1. The van der Waals surface area contributed by atoms with Crippen LogP contribution in [0.3, 0.4) is 0 Å². The molecule has 1 aromatic rings. The van der Waals surface area contributed by atoms with Gasteiger partial charge >= 0.3 is 11.9 Å². The van der Waals surface area contributed by atoms with Gasteiger partial charge in [0.2, 0.25) is 11.8 Å². The van der Waals surface area contributed by atoms with E-state index in [1.54, 1.807) is 19.1 Å². The molecule has 0 aliphatic carbocycles. The van der Waals surface area contributed by atoms with Gasteiger partial charge in [-0.15, -0.1) is 0 Å². The van der Waals surface area contributed by atoms with Crippen LogP contribution in [0.25, 0.3) is 0 Å². The molecule has 0 saturated carbocycles. The van der Waals surface area contributed by atoms with Gasteiger partial charge < -0.3 is 30.9 Å². The summed E-state index contributed by atoms with van der Waals surface area (Å²) < 4.78 is 0. The number of aliphatic hydroxyl groups excluding tert-OH is 1. The molecule has 0 aromatic heterocycles. The van der Waals surface area contributed by atoms with E-state index < -0.39 is 30.0 Å². The highest BCUT2D eigenvalue weighted by Crippen LogP contribution is 2.49. The fourth-order valence-corrected chi connectivity index (χ4v) is 5.35. The lowest BCUT2D eigenvalue weighted by molar-refractivity contribution is -0.163. The third-order valence-electron chi connectivity index (χ3n) is 6.94. The number of nitrogens with zero attached hydrogens (tertiary/aromatic N) is 1. The van der Waals surface area contributed by atoms with Crippen molar-refractivity contribution in [3.8, 4) is 0 Å². The SMILES string of the molecule is CC(O)C1C(=O)N2C(C(=O)O)=C(CC3CNC(C(=O)Nc4cccc(C(=O)O)c4)C3)C(C)C12. The van der Waals surface area contributed by atoms with E-state index in [-0.39, 0.29) is 41.0 Å². The number of benzene rings is 1. The van der Waals surface area contributed by atoms with Crippen molar-refractivity contribution in [2.24, 2.45) is 17.8 Å². The molecule has 3 aliphatic heterocycles. The molecule has 0 radical (unpaired) electrons. The molecule has 6 atom stereocenters. The Morgan fingerprint density at radius 1 is 1.24 bits per heavy atom. The van der Waals surface area contributed by atoms with E-state index >= 15 is 0 Å². The third-order valence-corrected chi connectivity index (χ3v) is 6.94. The van der Waals surface area contributed by atoms with E-state index in [0.29, 0.717) is 30.6 Å². The highest BCUT2D eigenvalue weighted by Gasteiger charge is 2.59. The second-order valence-electron chi connectivity index (χ2n) is 9.07. The topological polar surface area (TPSA) is 156 Å². The molecule has 33 heavy (non-hydrogen) atoms. The number of aliphatic hydroxyl groups is 1. The maximum atomic E-state index is 12.7. The Morgan fingerprint density at radius 3 is 2.61 bits per heavy atom. The van der Waals surface area contributed by atoms with Gasteiger partial charge in [-0.25, -0.2) is 9.59 Å². The molecule has 3 heterocycles. The molecule has 10 nitrogen and oxygen atoms in total. The zero-order valence-corrected chi connectivity index (χ0v) is 18.3. The Balaban J connectivity index is 1.43. The molecule has 4 rings (SSSR count). The molecule has 0 bridgehead atoms. The van der Waals surface area contributed by atoms with E-state index in [9.17, 15) is 29.4 Å². The summed E-state index contributed by atoms with van der Waals surface area (Å²) in [5, 5.41) is 34.7. The summed E-state index contributed by atoms with van der Waals surface area (Å²) in [5.74, 6) is -3.69. The number of carboxylic acid groups (broad SMARTS) is 2. The minimum atomic E-state index is -1.16. The van der Waals surface area contributed by atoms with Gasteiger partial charge in [0.15, 0.2) is 0 Å². The quantitative estimate of drug-likeness (QED) is 0.378. The molecule has 1 aromatic carbocycles. The Bertz CT molecular complexity index is 1050. The zero-order chi connectivity index (χ0) is 24.0. The van der Waals surface area contributed by atoms with E-state index in [4.69, 9.17) is 5.11 Å². The van der Waals surface area contributed by atoms with Gasteiger partial charge in [0, 0.05) is 11.6 Å². The molecule has 5 N–H and O–H groups in total. The highest BCUT2D eigenvalue weighted by molar-refractivity contribution is 6.00. The number of carbonyl (C=O) groups is 4. The van der Waals surface area contributed by atoms with Crippen molar-refractivity contribution in [1.29, 1.82) is 0 Å². The smallest absolute Gasteiger partial charge is 0.352 e. The molecular formula is C23H27N3O7. The van der Waals surface area contributed by atoms with Crippen LogP contribution in [0.15, 0.2) is 35.5 Å². The van der Waals surface area contributed by atoms with Crippen LogP contribution in [0.5, 0.6) is 0 Å². The number of carboxylic acids is 2. The minimum Gasteiger partial charge on any atom is -0.478 e. The number of carbonyl (C=O) groups excluding carboxylic acids is 2. The average Bonchev–Trinajstić information content (AvgIpc) is 3.30. The Morgan fingerprint density at radius 2 is 1.97 bits per heavy atom. The van der Waals surface area contributed by atoms with E-state index in [1.165, 1.54) is 17.0 Å². The van der Waals surface area contributed by atoms with E-state index in [2.05, 4.69) is 10.6 Å². The number of amides is 2. The molecule has 2 saturated heterocycles. The second kappa shape index (κ2) is 8.60. The van der Waals surface area contributed by atoms with Gasteiger partial charge in [0.05, 0.1) is 29.7 Å². The van der Waals surface area contributed by atoms with Crippen LogP contribution in [0, 0.1) is 17.8 Å². The maximum absolute atomic E-state index is 12.7. The first-order chi connectivity index (χ1) is 15.6. The predicted molar refractivity (Wildman–Crippen MR) is 116 cm³/mol. The molecule has 3 aliphatic rings. The number of anilines is 1. The van der Waals surface area contributed by atoms with Crippen molar-refractivity contribution in [3.05, 3.63) is 41.1 Å². The van der Waals surface area contributed by atoms with Crippen molar-refractivity contribution in [2.45, 2.75) is 44.9 Å². The highest BCUT2D eigenvalue weighted by atomic mass is 16.4. The van der Waals surface area contributed by atoms with E-state index in [1.807, 2.05) is 6.92 Å². The maximum Gasteiger partial charge on any atom is 0.352 e. The Labute approximate surface area is 190 Å². The lowest BCUT2D eigenvalue weighted by Crippen LogP contribution is -2.63. The van der Waals surface area contributed by atoms with Gasteiger partial charge in [0.1, 0.15) is 5.70 Å².